The molecule has 9 heteroatoms. The second-order valence-corrected chi connectivity index (χ2v) is 10.4. The summed E-state index contributed by atoms with van der Waals surface area (Å²) in [6, 6.07) is 26.4. The number of carboxylic acids is 2. The monoisotopic (exact) mass is 554 g/mol. The number of hydrogen-bond donors (Lipinski definition) is 2. The molecule has 0 aliphatic carbocycles. The highest BCUT2D eigenvalue weighted by Gasteiger charge is 2.30. The Labute approximate surface area is 231 Å². The van der Waals surface area contributed by atoms with Gasteiger partial charge in [0.05, 0.1) is 0 Å². The van der Waals surface area contributed by atoms with Crippen molar-refractivity contribution in [1.29, 1.82) is 0 Å². The number of carboxylic acid groups (broad SMARTS) is 2. The van der Waals surface area contributed by atoms with Gasteiger partial charge in [-0.05, 0) is 47.4 Å². The van der Waals surface area contributed by atoms with Crippen molar-refractivity contribution in [3.05, 3.63) is 107 Å². The highest BCUT2D eigenvalue weighted by atomic mass is 35.5. The first-order valence-corrected chi connectivity index (χ1v) is 13.3. The maximum absolute atomic E-state index is 9.55. The van der Waals surface area contributed by atoms with Crippen LogP contribution >= 0.6 is 23.4 Å². The van der Waals surface area contributed by atoms with Crippen LogP contribution in [0.15, 0.2) is 94.7 Å². The molecule has 4 N–H and O–H groups in total. The van der Waals surface area contributed by atoms with Gasteiger partial charge < -0.3 is 15.7 Å². The second kappa shape index (κ2) is 14.1. The van der Waals surface area contributed by atoms with Crippen LogP contribution in [0.3, 0.4) is 0 Å². The summed E-state index contributed by atoms with van der Waals surface area (Å²) in [5.74, 6) is -2.51. The lowest BCUT2D eigenvalue weighted by atomic mass is 9.96. The number of fused-ring (bicyclic) bond motifs is 2. The number of hydrogen-bond acceptors (Lipinski definition) is 5. The molecule has 3 aromatic rings. The quantitative estimate of drug-likeness (QED) is 0.436. The Morgan fingerprint density at radius 1 is 0.868 bits per heavy atom. The number of aliphatic carboxylic acids is 2. The molecule has 0 aromatic heterocycles. The molecule has 5 rings (SSSR count). The molecular formula is C29H31ClN2O5S. The van der Waals surface area contributed by atoms with Gasteiger partial charge in [-0.25, -0.2) is 9.59 Å². The minimum absolute atomic E-state index is 0. The molecule has 7 nitrogen and oxygen atoms in total. The van der Waals surface area contributed by atoms with Crippen molar-refractivity contribution < 1.29 is 25.3 Å². The molecule has 38 heavy (non-hydrogen) atoms. The first kappa shape index (κ1) is 29.4. The first-order chi connectivity index (χ1) is 17.9. The number of rotatable bonds is 5. The standard InChI is InChI=1S/C25H25ClN2S.C4H4O4.H2O/c26-21-10-11-25-22(17-21)23(16-20-8-4-5-9-24(20)29-25)28-14-12-27(13-15-28)18-19-6-2-1-3-7-19;5-3(6)1-2-4(7)8;/h1-11,17,23H,12-16,18H2;1-2H,(H,5,6)(H,7,8);1H2/b;2-1-;. The zero-order valence-corrected chi connectivity index (χ0v) is 22.4. The SMILES string of the molecule is Clc1ccc2c(c1)C(N1CCN(Cc3ccccc3)CC1)Cc1ccccc1S2.O.O=C(O)/C=C\C(=O)O. The van der Waals surface area contributed by atoms with Crippen molar-refractivity contribution in [2.24, 2.45) is 0 Å². The van der Waals surface area contributed by atoms with Gasteiger partial charge in [0.1, 0.15) is 0 Å². The molecule has 0 amide bonds. The van der Waals surface area contributed by atoms with Crippen LogP contribution in [0.5, 0.6) is 0 Å². The van der Waals surface area contributed by atoms with E-state index in [2.05, 4.69) is 76.5 Å². The number of benzene rings is 3. The molecule has 1 atom stereocenters. The first-order valence-electron chi connectivity index (χ1n) is 12.1. The van der Waals surface area contributed by atoms with Crippen LogP contribution in [-0.4, -0.2) is 63.6 Å². The molecule has 2 aliphatic rings. The van der Waals surface area contributed by atoms with E-state index in [4.69, 9.17) is 21.8 Å². The van der Waals surface area contributed by atoms with Gasteiger partial charge in [-0.3, -0.25) is 9.80 Å². The Morgan fingerprint density at radius 3 is 2.16 bits per heavy atom. The Kier molecular flexibility index (Phi) is 10.9. The van der Waals surface area contributed by atoms with Gasteiger partial charge in [0.2, 0.25) is 0 Å². The van der Waals surface area contributed by atoms with E-state index in [1.165, 1.54) is 26.5 Å². The highest BCUT2D eigenvalue weighted by molar-refractivity contribution is 7.99. The van der Waals surface area contributed by atoms with Crippen molar-refractivity contribution in [3.63, 3.8) is 0 Å². The summed E-state index contributed by atoms with van der Waals surface area (Å²) in [4.78, 5) is 27.1. The number of piperazine rings is 1. The van der Waals surface area contributed by atoms with E-state index in [0.717, 1.165) is 44.2 Å². The normalized spacial score (nSPS) is 17.2. The van der Waals surface area contributed by atoms with Gasteiger partial charge in [0.15, 0.2) is 0 Å². The highest BCUT2D eigenvalue weighted by Crippen LogP contribution is 2.43. The minimum atomic E-state index is -1.26. The lowest BCUT2D eigenvalue weighted by molar-refractivity contribution is -0.134. The fourth-order valence-electron chi connectivity index (χ4n) is 4.62. The lowest BCUT2D eigenvalue weighted by Gasteiger charge is -2.39. The number of nitrogens with zero attached hydrogens (tertiary/aromatic N) is 2. The molecule has 2 heterocycles. The Hall–Kier alpha value is -3.14. The fourth-order valence-corrected chi connectivity index (χ4v) is 5.92. The molecule has 1 saturated heterocycles. The maximum Gasteiger partial charge on any atom is 0.328 e. The van der Waals surface area contributed by atoms with E-state index in [0.29, 0.717) is 18.2 Å². The van der Waals surface area contributed by atoms with Gasteiger partial charge in [-0.15, -0.1) is 0 Å². The average molecular weight is 555 g/mol. The molecular weight excluding hydrogens is 524 g/mol. The third-order valence-electron chi connectivity index (χ3n) is 6.40. The van der Waals surface area contributed by atoms with Crippen LogP contribution in [-0.2, 0) is 22.6 Å². The molecule has 1 fully saturated rings. The van der Waals surface area contributed by atoms with Gasteiger partial charge in [-0.2, -0.15) is 0 Å². The van der Waals surface area contributed by atoms with Crippen molar-refractivity contribution in [1.82, 2.24) is 9.80 Å². The summed E-state index contributed by atoms with van der Waals surface area (Å²) in [7, 11) is 0. The number of carbonyl (C=O) groups is 2. The topological polar surface area (TPSA) is 113 Å². The van der Waals surface area contributed by atoms with Gasteiger partial charge in [-0.1, -0.05) is 71.9 Å². The van der Waals surface area contributed by atoms with Gasteiger partial charge in [0.25, 0.3) is 0 Å². The second-order valence-electron chi connectivity index (χ2n) is 8.92. The number of halogens is 1. The third kappa shape index (κ3) is 8.18. The largest absolute Gasteiger partial charge is 0.478 e. The van der Waals surface area contributed by atoms with Crippen LogP contribution in [0.25, 0.3) is 0 Å². The van der Waals surface area contributed by atoms with Crippen molar-refractivity contribution in [3.8, 4) is 0 Å². The predicted molar refractivity (Wildman–Crippen MR) is 150 cm³/mol. The van der Waals surface area contributed by atoms with Crippen molar-refractivity contribution in [2.45, 2.75) is 28.8 Å². The summed E-state index contributed by atoms with van der Waals surface area (Å²) in [5.41, 5.74) is 4.23. The summed E-state index contributed by atoms with van der Waals surface area (Å²) >= 11 is 8.31. The van der Waals surface area contributed by atoms with Crippen LogP contribution in [0.2, 0.25) is 5.02 Å². The average Bonchev–Trinajstić information content (AvgIpc) is 3.05. The smallest absolute Gasteiger partial charge is 0.328 e. The van der Waals surface area contributed by atoms with E-state index in [-0.39, 0.29) is 5.48 Å². The minimum Gasteiger partial charge on any atom is -0.478 e. The van der Waals surface area contributed by atoms with Crippen LogP contribution in [0, 0.1) is 0 Å². The van der Waals surface area contributed by atoms with Gasteiger partial charge >= 0.3 is 11.9 Å². The van der Waals surface area contributed by atoms with Crippen molar-refractivity contribution in [2.75, 3.05) is 26.2 Å². The molecule has 200 valence electrons. The zero-order chi connectivity index (χ0) is 26.2. The Bertz CT molecular complexity index is 1250. The maximum atomic E-state index is 9.55. The Morgan fingerprint density at radius 2 is 1.50 bits per heavy atom. The summed E-state index contributed by atoms with van der Waals surface area (Å²) in [6.45, 7) is 5.44. The van der Waals surface area contributed by atoms with E-state index < -0.39 is 11.9 Å². The predicted octanol–water partition coefficient (Wildman–Crippen LogP) is 4.79. The summed E-state index contributed by atoms with van der Waals surface area (Å²) in [5, 5.41) is 16.5. The van der Waals surface area contributed by atoms with Crippen LogP contribution in [0.4, 0.5) is 0 Å². The molecule has 1 unspecified atom stereocenters. The summed E-state index contributed by atoms with van der Waals surface area (Å²) in [6.07, 6.45) is 2.17. The molecule has 0 radical (unpaired) electrons. The van der Waals surface area contributed by atoms with E-state index in [1.54, 1.807) is 0 Å². The van der Waals surface area contributed by atoms with E-state index in [9.17, 15) is 9.59 Å². The fraction of sp³-hybridized carbons (Fsp3) is 0.241. The van der Waals surface area contributed by atoms with Crippen LogP contribution in [0.1, 0.15) is 22.7 Å². The van der Waals surface area contributed by atoms with Crippen molar-refractivity contribution >= 4 is 35.3 Å². The third-order valence-corrected chi connectivity index (χ3v) is 7.85. The lowest BCUT2D eigenvalue weighted by Crippen LogP contribution is -2.47. The summed E-state index contributed by atoms with van der Waals surface area (Å²) < 4.78 is 0. The van der Waals surface area contributed by atoms with E-state index >= 15 is 0 Å². The zero-order valence-electron chi connectivity index (χ0n) is 20.8. The molecule has 0 bridgehead atoms. The molecule has 3 aromatic carbocycles. The molecule has 2 aliphatic heterocycles. The van der Waals surface area contributed by atoms with Crippen LogP contribution < -0.4 is 0 Å². The molecule has 0 saturated carbocycles. The Balaban J connectivity index is 0.000000390. The molecule has 0 spiro atoms. The van der Waals surface area contributed by atoms with E-state index in [1.807, 2.05) is 17.8 Å². The van der Waals surface area contributed by atoms with Gasteiger partial charge in [0, 0.05) is 65.7 Å².